The highest BCUT2D eigenvalue weighted by atomic mass is 32.1. The molecule has 150 valence electrons. The summed E-state index contributed by atoms with van der Waals surface area (Å²) in [5.41, 5.74) is 0.959. The third-order valence-corrected chi connectivity index (χ3v) is 6.12. The Bertz CT molecular complexity index is 753. The van der Waals surface area contributed by atoms with E-state index in [4.69, 9.17) is 0 Å². The minimum absolute atomic E-state index is 0.0478. The van der Waals surface area contributed by atoms with Crippen LogP contribution in [-0.4, -0.2) is 48.9 Å². The number of piperazine rings is 1. The standard InChI is InChI=1S/C22H29N3O2S/c1-17(2)21(23-20(26)15-18-7-4-3-5-8-18)22(27)25-12-10-24(11-13-25)16-19-9-6-14-28-19/h3-9,14,17,21H,10-13,15-16H2,1-2H3,(H,23,26)/p+1/t21-/m0/s1. The summed E-state index contributed by atoms with van der Waals surface area (Å²) in [6.07, 6.45) is 0.302. The molecule has 2 heterocycles. The van der Waals surface area contributed by atoms with E-state index in [2.05, 4.69) is 22.8 Å². The van der Waals surface area contributed by atoms with E-state index in [1.807, 2.05) is 49.1 Å². The van der Waals surface area contributed by atoms with Crippen LogP contribution in [0.25, 0.3) is 0 Å². The molecule has 1 aliphatic heterocycles. The summed E-state index contributed by atoms with van der Waals surface area (Å²) in [7, 11) is 0. The Morgan fingerprint density at radius 3 is 2.43 bits per heavy atom. The van der Waals surface area contributed by atoms with Crippen molar-refractivity contribution in [3.05, 3.63) is 58.3 Å². The topological polar surface area (TPSA) is 53.9 Å². The summed E-state index contributed by atoms with van der Waals surface area (Å²) >= 11 is 1.79. The van der Waals surface area contributed by atoms with Gasteiger partial charge in [-0.25, -0.2) is 0 Å². The van der Waals surface area contributed by atoms with Gasteiger partial charge in [-0.15, -0.1) is 11.3 Å². The SMILES string of the molecule is CC(C)[C@H](NC(=O)Cc1ccccc1)C(=O)N1CC[NH+](Cc2cccs2)CC1. The highest BCUT2D eigenvalue weighted by Crippen LogP contribution is 2.09. The van der Waals surface area contributed by atoms with Gasteiger partial charge in [0.1, 0.15) is 12.6 Å². The maximum atomic E-state index is 13.1. The minimum atomic E-state index is -0.463. The molecule has 2 amide bonds. The summed E-state index contributed by atoms with van der Waals surface area (Å²) in [5.74, 6) is 0.00973. The fraction of sp³-hybridized carbons (Fsp3) is 0.455. The zero-order valence-corrected chi connectivity index (χ0v) is 17.5. The molecule has 2 aromatic rings. The molecular weight excluding hydrogens is 370 g/mol. The van der Waals surface area contributed by atoms with Crippen molar-refractivity contribution in [2.24, 2.45) is 5.92 Å². The predicted molar refractivity (Wildman–Crippen MR) is 112 cm³/mol. The Hall–Kier alpha value is -2.18. The van der Waals surface area contributed by atoms with E-state index in [1.54, 1.807) is 11.3 Å². The second-order valence-corrected chi connectivity index (χ2v) is 8.82. The molecule has 3 rings (SSSR count). The van der Waals surface area contributed by atoms with Crippen molar-refractivity contribution in [1.29, 1.82) is 0 Å². The molecular formula is C22H30N3O2S+. The molecule has 6 heteroatoms. The number of hydrogen-bond acceptors (Lipinski definition) is 3. The Kier molecular flexibility index (Phi) is 7.23. The fourth-order valence-corrected chi connectivity index (χ4v) is 4.37. The number of rotatable bonds is 7. The molecule has 1 aromatic heterocycles. The lowest BCUT2D eigenvalue weighted by Crippen LogP contribution is -3.13. The number of hydrogen-bond donors (Lipinski definition) is 2. The van der Waals surface area contributed by atoms with Gasteiger partial charge in [0.2, 0.25) is 11.8 Å². The largest absolute Gasteiger partial charge is 0.344 e. The van der Waals surface area contributed by atoms with Gasteiger partial charge in [0.25, 0.3) is 0 Å². The van der Waals surface area contributed by atoms with Crippen LogP contribution in [0.2, 0.25) is 0 Å². The molecule has 0 saturated carbocycles. The van der Waals surface area contributed by atoms with Gasteiger partial charge in [-0.05, 0) is 22.9 Å². The number of thiophene rings is 1. The molecule has 2 N–H and O–H groups in total. The first-order valence-corrected chi connectivity index (χ1v) is 10.9. The molecule has 1 atom stereocenters. The Morgan fingerprint density at radius 2 is 1.82 bits per heavy atom. The van der Waals surface area contributed by atoms with Crippen molar-refractivity contribution < 1.29 is 14.5 Å². The summed E-state index contributed by atoms with van der Waals surface area (Å²) in [6.45, 7) is 8.40. The third kappa shape index (κ3) is 5.66. The molecule has 1 fully saturated rings. The van der Waals surface area contributed by atoms with Crippen LogP contribution in [0.15, 0.2) is 47.8 Å². The van der Waals surface area contributed by atoms with E-state index < -0.39 is 6.04 Å². The van der Waals surface area contributed by atoms with Gasteiger partial charge in [-0.2, -0.15) is 0 Å². The zero-order valence-electron chi connectivity index (χ0n) is 16.7. The number of benzene rings is 1. The smallest absolute Gasteiger partial charge is 0.245 e. The van der Waals surface area contributed by atoms with Gasteiger partial charge in [0.15, 0.2) is 0 Å². The van der Waals surface area contributed by atoms with Crippen molar-refractivity contribution in [3.8, 4) is 0 Å². The lowest BCUT2D eigenvalue weighted by Gasteiger charge is -2.35. The average Bonchev–Trinajstić information content (AvgIpc) is 3.20. The normalized spacial score (nSPS) is 16.2. The Labute approximate surface area is 171 Å². The van der Waals surface area contributed by atoms with Gasteiger partial charge in [0.05, 0.1) is 37.5 Å². The second-order valence-electron chi connectivity index (χ2n) is 7.78. The van der Waals surface area contributed by atoms with E-state index in [0.717, 1.165) is 38.3 Å². The fourth-order valence-electron chi connectivity index (χ4n) is 3.60. The van der Waals surface area contributed by atoms with Crippen molar-refractivity contribution >= 4 is 23.2 Å². The van der Waals surface area contributed by atoms with Crippen LogP contribution in [0, 0.1) is 5.92 Å². The number of carbonyl (C=O) groups excluding carboxylic acids is 2. The van der Waals surface area contributed by atoms with Gasteiger partial charge in [0, 0.05) is 0 Å². The average molecular weight is 401 g/mol. The van der Waals surface area contributed by atoms with Crippen LogP contribution in [0.1, 0.15) is 24.3 Å². The molecule has 1 saturated heterocycles. The molecule has 0 radical (unpaired) electrons. The van der Waals surface area contributed by atoms with Crippen molar-refractivity contribution in [2.45, 2.75) is 32.9 Å². The van der Waals surface area contributed by atoms with E-state index in [0.29, 0.717) is 6.42 Å². The predicted octanol–water partition coefficient (Wildman–Crippen LogP) is 1.36. The first-order chi connectivity index (χ1) is 13.5. The van der Waals surface area contributed by atoms with Crippen LogP contribution in [-0.2, 0) is 22.6 Å². The molecule has 28 heavy (non-hydrogen) atoms. The molecule has 0 spiro atoms. The molecule has 5 nitrogen and oxygen atoms in total. The number of nitrogens with one attached hydrogen (secondary N) is 2. The monoisotopic (exact) mass is 400 g/mol. The maximum Gasteiger partial charge on any atom is 0.245 e. The van der Waals surface area contributed by atoms with Crippen LogP contribution in [0.5, 0.6) is 0 Å². The van der Waals surface area contributed by atoms with Crippen molar-refractivity contribution in [1.82, 2.24) is 10.2 Å². The van der Waals surface area contributed by atoms with Gasteiger partial charge in [-0.3, -0.25) is 9.59 Å². The van der Waals surface area contributed by atoms with Crippen LogP contribution in [0.4, 0.5) is 0 Å². The van der Waals surface area contributed by atoms with E-state index >= 15 is 0 Å². The number of nitrogens with zero attached hydrogens (tertiary/aromatic N) is 1. The lowest BCUT2D eigenvalue weighted by atomic mass is 10.0. The zero-order chi connectivity index (χ0) is 19.9. The van der Waals surface area contributed by atoms with E-state index in [9.17, 15) is 9.59 Å². The quantitative estimate of drug-likeness (QED) is 0.737. The summed E-state index contributed by atoms with van der Waals surface area (Å²) in [5, 5.41) is 5.09. The molecule has 0 bridgehead atoms. The van der Waals surface area contributed by atoms with Crippen molar-refractivity contribution in [2.75, 3.05) is 26.2 Å². The summed E-state index contributed by atoms with van der Waals surface area (Å²) < 4.78 is 0. The second kappa shape index (κ2) is 9.85. The molecule has 1 aliphatic rings. The van der Waals surface area contributed by atoms with Crippen LogP contribution < -0.4 is 10.2 Å². The Morgan fingerprint density at radius 1 is 1.11 bits per heavy atom. The highest BCUT2D eigenvalue weighted by Gasteiger charge is 2.31. The first kappa shape index (κ1) is 20.6. The van der Waals surface area contributed by atoms with Crippen LogP contribution >= 0.6 is 11.3 Å². The van der Waals surface area contributed by atoms with E-state index in [-0.39, 0.29) is 17.7 Å². The maximum absolute atomic E-state index is 13.1. The van der Waals surface area contributed by atoms with E-state index in [1.165, 1.54) is 9.78 Å². The van der Waals surface area contributed by atoms with Crippen LogP contribution in [0.3, 0.4) is 0 Å². The van der Waals surface area contributed by atoms with Crippen molar-refractivity contribution in [3.63, 3.8) is 0 Å². The van der Waals surface area contributed by atoms with Gasteiger partial charge in [-0.1, -0.05) is 50.2 Å². The molecule has 1 aromatic carbocycles. The van der Waals surface area contributed by atoms with Gasteiger partial charge < -0.3 is 15.1 Å². The summed E-state index contributed by atoms with van der Waals surface area (Å²) in [6, 6.07) is 13.4. The lowest BCUT2D eigenvalue weighted by molar-refractivity contribution is -0.917. The Balaban J connectivity index is 1.52. The highest BCUT2D eigenvalue weighted by molar-refractivity contribution is 7.09. The minimum Gasteiger partial charge on any atom is -0.344 e. The molecule has 0 unspecified atom stereocenters. The summed E-state index contributed by atoms with van der Waals surface area (Å²) in [4.78, 5) is 30.3. The first-order valence-electron chi connectivity index (χ1n) is 10.0. The molecule has 0 aliphatic carbocycles. The number of amides is 2. The number of carbonyl (C=O) groups is 2. The number of quaternary nitrogens is 1. The van der Waals surface area contributed by atoms with Gasteiger partial charge >= 0.3 is 0 Å². The third-order valence-electron chi connectivity index (χ3n) is 5.24.